The summed E-state index contributed by atoms with van der Waals surface area (Å²) in [4.78, 5) is 59.8. The Bertz CT molecular complexity index is 1450. The number of urea groups is 1. The average Bonchev–Trinajstić information content (AvgIpc) is 3.68. The third-order valence-electron chi connectivity index (χ3n) is 8.42. The molecule has 5 amide bonds. The van der Waals surface area contributed by atoms with Crippen LogP contribution in [-0.2, 0) is 20.7 Å². The minimum Gasteiger partial charge on any atom is -0.445 e. The number of anilines is 1. The van der Waals surface area contributed by atoms with Crippen molar-refractivity contribution in [3.8, 4) is 0 Å². The zero-order valence-electron chi connectivity index (χ0n) is 23.1. The first-order valence-corrected chi connectivity index (χ1v) is 14.9. The van der Waals surface area contributed by atoms with Crippen molar-refractivity contribution in [3.05, 3.63) is 42.2 Å². The molecule has 3 saturated heterocycles. The highest BCUT2D eigenvalue weighted by atomic mass is 35.6. The molecular weight excluding hydrogens is 643 g/mol. The van der Waals surface area contributed by atoms with E-state index in [9.17, 15) is 29.4 Å². The fourth-order valence-electron chi connectivity index (χ4n) is 6.50. The molecule has 1 aromatic carbocycles. The van der Waals surface area contributed by atoms with E-state index in [4.69, 9.17) is 39.5 Å². The zero-order chi connectivity index (χ0) is 31.6. The molecule has 6 rings (SSSR count). The molecule has 15 nitrogen and oxygen atoms in total. The Balaban J connectivity index is 1.33. The quantitative estimate of drug-likeness (QED) is 0.143. The predicted molar refractivity (Wildman–Crippen MR) is 158 cm³/mol. The van der Waals surface area contributed by atoms with E-state index in [1.807, 2.05) is 12.1 Å². The Kier molecular flexibility index (Phi) is 7.52. The van der Waals surface area contributed by atoms with Crippen molar-refractivity contribution in [1.29, 1.82) is 0 Å². The monoisotopic (exact) mass is 670 g/mol. The van der Waals surface area contributed by atoms with E-state index in [1.165, 1.54) is 9.80 Å². The molecule has 18 heteroatoms. The summed E-state index contributed by atoms with van der Waals surface area (Å²) < 4.78 is 3.10. The van der Waals surface area contributed by atoms with E-state index >= 15 is 0 Å². The second-order valence-corrected chi connectivity index (χ2v) is 13.6. The van der Waals surface area contributed by atoms with Crippen molar-refractivity contribution >= 4 is 70.4 Å². The van der Waals surface area contributed by atoms with Gasteiger partial charge in [0.05, 0.1) is 24.4 Å². The number of halogens is 3. The Hall–Kier alpha value is -3.50. The number of rotatable bonds is 4. The fraction of sp³-hybridized carbons (Fsp3) is 0.500. The maximum atomic E-state index is 13.5. The molecule has 0 aliphatic carbocycles. The molecule has 0 saturated carbocycles. The number of aliphatic imine (C=N–C) groups is 1. The molecule has 5 aliphatic rings. The average molecular weight is 672 g/mol. The van der Waals surface area contributed by atoms with Crippen LogP contribution < -0.4 is 26.2 Å². The van der Waals surface area contributed by atoms with E-state index in [2.05, 4.69) is 32.8 Å². The van der Waals surface area contributed by atoms with Gasteiger partial charge in [0.2, 0.25) is 27.4 Å². The fourth-order valence-corrected chi connectivity index (χ4v) is 6.66. The van der Waals surface area contributed by atoms with Gasteiger partial charge in [-0.3, -0.25) is 24.7 Å². The lowest BCUT2D eigenvalue weighted by Gasteiger charge is -2.49. The maximum Gasteiger partial charge on any atom is 0.414 e. The first kappa shape index (κ1) is 30.5. The number of carbonyl (C=O) groups excluding carboxylic acids is 4. The van der Waals surface area contributed by atoms with E-state index in [0.29, 0.717) is 18.7 Å². The van der Waals surface area contributed by atoms with Gasteiger partial charge >= 0.3 is 12.1 Å². The van der Waals surface area contributed by atoms with Crippen molar-refractivity contribution < 1.29 is 34.1 Å². The van der Waals surface area contributed by atoms with Crippen LogP contribution in [0.2, 0.25) is 0 Å². The smallest absolute Gasteiger partial charge is 0.414 e. The zero-order valence-corrected chi connectivity index (χ0v) is 25.3. The normalized spacial score (nSPS) is 28.6. The minimum atomic E-state index is -2.74. The number of amides is 5. The Labute approximate surface area is 266 Å². The summed E-state index contributed by atoms with van der Waals surface area (Å²) in [5.41, 5.74) is -0.225. The molecular formula is C26H29Cl3N8O7. The molecule has 5 aliphatic heterocycles. The number of alkyl halides is 3. The summed E-state index contributed by atoms with van der Waals surface area (Å²) in [6.45, 7) is 3.17. The van der Waals surface area contributed by atoms with E-state index in [0.717, 1.165) is 10.5 Å². The van der Waals surface area contributed by atoms with Crippen molar-refractivity contribution in [2.75, 3.05) is 31.1 Å². The molecule has 6 N–H and O–H groups in total. The number of imide groups is 1. The number of nitrogens with one attached hydrogen (secondary N) is 4. The number of alkyl carbamates (subject to hydrolysis) is 1. The minimum absolute atomic E-state index is 0.0295. The van der Waals surface area contributed by atoms with Crippen LogP contribution in [0.5, 0.6) is 0 Å². The van der Waals surface area contributed by atoms with Gasteiger partial charge in [-0.1, -0.05) is 59.6 Å². The Morgan fingerprint density at radius 3 is 2.57 bits per heavy atom. The van der Waals surface area contributed by atoms with Crippen LogP contribution >= 0.6 is 34.8 Å². The van der Waals surface area contributed by atoms with Crippen molar-refractivity contribution in [2.24, 2.45) is 4.99 Å². The molecule has 236 valence electrons. The SMILES string of the molecule is C=C1N[C@H]2[C@H](CN3C(=O)CCC3=O)N=C(NC(=O)OCC(Cl)(Cl)Cl)N3CC(NC(=O)N4CCc5ccccc54)C(O)(O)[C@]23N1. The second-order valence-electron chi connectivity index (χ2n) is 11.1. The molecule has 44 heavy (non-hydrogen) atoms. The molecule has 0 aromatic heterocycles. The number of fused-ring (bicyclic) bond motifs is 1. The lowest BCUT2D eigenvalue weighted by Crippen LogP contribution is -2.78. The van der Waals surface area contributed by atoms with Gasteiger partial charge in [0.25, 0.3) is 0 Å². The molecule has 3 fully saturated rings. The van der Waals surface area contributed by atoms with Crippen molar-refractivity contribution in [3.63, 3.8) is 0 Å². The molecule has 1 unspecified atom stereocenters. The van der Waals surface area contributed by atoms with E-state index in [-0.39, 0.29) is 37.7 Å². The number of likely N-dealkylation sites (tertiary alicyclic amines) is 1. The van der Waals surface area contributed by atoms with Gasteiger partial charge in [0.15, 0.2) is 5.66 Å². The number of hydrogen-bond donors (Lipinski definition) is 6. The van der Waals surface area contributed by atoms with Gasteiger partial charge in [-0.05, 0) is 18.1 Å². The number of ether oxygens (including phenoxy) is 1. The van der Waals surface area contributed by atoms with E-state index in [1.54, 1.807) is 12.1 Å². The number of para-hydroxylation sites is 1. The van der Waals surface area contributed by atoms with Crippen LogP contribution in [0.4, 0.5) is 15.3 Å². The summed E-state index contributed by atoms with van der Waals surface area (Å²) in [6, 6.07) is 3.45. The highest BCUT2D eigenvalue weighted by Crippen LogP contribution is 2.45. The molecule has 4 atom stereocenters. The third-order valence-corrected chi connectivity index (χ3v) is 8.75. The summed E-state index contributed by atoms with van der Waals surface area (Å²) in [5, 5.41) is 35.0. The van der Waals surface area contributed by atoms with Gasteiger partial charge in [-0.2, -0.15) is 0 Å². The summed E-state index contributed by atoms with van der Waals surface area (Å²) in [6.07, 6.45) is -0.389. The highest BCUT2D eigenvalue weighted by Gasteiger charge is 2.74. The highest BCUT2D eigenvalue weighted by molar-refractivity contribution is 6.67. The standard InChI is InChI=1S/C26H29Cl3N8O7/c1-13-30-20-15(10-36-18(38)6-7-19(36)39)31-21(33-23(41)44-12-24(27,28)29)37-11-17(26(42,43)25(20,37)34-13)32-22(40)35-9-8-14-4-2-3-5-16(14)35/h2-5,15,17,20,30,34,42-43H,1,6-12H2,(H,32,40)(H,31,33,41)/t15-,17?,20-,25-/m0/s1. The lowest BCUT2D eigenvalue weighted by molar-refractivity contribution is -0.231. The van der Waals surface area contributed by atoms with Crippen LogP contribution in [0.15, 0.2) is 41.7 Å². The topological polar surface area (TPSA) is 188 Å². The maximum absolute atomic E-state index is 13.5. The molecule has 5 heterocycles. The van der Waals surface area contributed by atoms with Gasteiger partial charge in [-0.25, -0.2) is 14.6 Å². The van der Waals surface area contributed by atoms with Crippen molar-refractivity contribution in [1.82, 2.24) is 31.1 Å². The number of hydrogen-bond acceptors (Lipinski definition) is 11. The van der Waals surface area contributed by atoms with E-state index < -0.39 is 63.9 Å². The Morgan fingerprint density at radius 1 is 1.16 bits per heavy atom. The molecule has 1 aromatic rings. The third kappa shape index (κ3) is 5.05. The first-order valence-electron chi connectivity index (χ1n) is 13.7. The van der Waals surface area contributed by atoms with Crippen LogP contribution in [0.25, 0.3) is 0 Å². The van der Waals surface area contributed by atoms with Crippen LogP contribution in [0, 0.1) is 0 Å². The van der Waals surface area contributed by atoms with Gasteiger partial charge in [-0.15, -0.1) is 0 Å². The van der Waals surface area contributed by atoms with Crippen molar-refractivity contribution in [2.45, 2.75) is 52.6 Å². The molecule has 0 radical (unpaired) electrons. The Morgan fingerprint density at radius 2 is 1.86 bits per heavy atom. The van der Waals surface area contributed by atoms with Crippen LogP contribution in [-0.4, -0.2) is 110 Å². The predicted octanol–water partition coefficient (Wildman–Crippen LogP) is -0.164. The first-order chi connectivity index (χ1) is 20.7. The number of aliphatic hydroxyl groups is 2. The molecule has 1 spiro atoms. The van der Waals surface area contributed by atoms with Gasteiger partial charge < -0.3 is 35.8 Å². The van der Waals surface area contributed by atoms with Crippen LogP contribution in [0.1, 0.15) is 18.4 Å². The molecule has 0 bridgehead atoms. The number of carbonyl (C=O) groups is 4. The summed E-state index contributed by atoms with van der Waals surface area (Å²) in [5.74, 6) is -3.60. The number of benzene rings is 1. The van der Waals surface area contributed by atoms with Gasteiger partial charge in [0.1, 0.15) is 12.6 Å². The largest absolute Gasteiger partial charge is 0.445 e. The van der Waals surface area contributed by atoms with Gasteiger partial charge in [0, 0.05) is 31.6 Å². The van der Waals surface area contributed by atoms with Crippen LogP contribution in [0.3, 0.4) is 0 Å². The lowest BCUT2D eigenvalue weighted by atomic mass is 9.85. The number of nitrogens with zero attached hydrogens (tertiary/aromatic N) is 4. The summed E-state index contributed by atoms with van der Waals surface area (Å²) >= 11 is 17.1. The number of guanidine groups is 1. The second kappa shape index (κ2) is 10.8. The summed E-state index contributed by atoms with van der Waals surface area (Å²) in [7, 11) is 0.